The first-order valence-electron chi connectivity index (χ1n) is 15.3. The van der Waals surface area contributed by atoms with Crippen molar-refractivity contribution in [2.45, 2.75) is 97.4 Å². The van der Waals surface area contributed by atoms with E-state index in [0.29, 0.717) is 17.9 Å². The number of rotatable bonds is 10. The molecule has 234 valence electrons. The normalized spacial score (nSPS) is 18.3. The minimum absolute atomic E-state index is 0.0230. The second kappa shape index (κ2) is 13.6. The monoisotopic (exact) mass is 610 g/mol. The summed E-state index contributed by atoms with van der Waals surface area (Å²) in [4.78, 5) is 30.3. The van der Waals surface area contributed by atoms with Crippen LogP contribution in [0.15, 0.2) is 42.6 Å². The number of nitrogens with one attached hydrogen (secondary N) is 2. The average molecular weight is 611 g/mol. The van der Waals surface area contributed by atoms with Gasteiger partial charge in [-0.2, -0.15) is 0 Å². The number of pyridine rings is 1. The van der Waals surface area contributed by atoms with Gasteiger partial charge in [-0.1, -0.05) is 31.8 Å². The molecular weight excluding hydrogens is 563 g/mol. The Morgan fingerprint density at radius 3 is 2.49 bits per heavy atom. The predicted octanol–water partition coefficient (Wildman–Crippen LogP) is 7.81. The van der Waals surface area contributed by atoms with Gasteiger partial charge < -0.3 is 24.7 Å². The third-order valence-corrected chi connectivity index (χ3v) is 9.69. The summed E-state index contributed by atoms with van der Waals surface area (Å²) >= 11 is 0. The van der Waals surface area contributed by atoms with Gasteiger partial charge in [-0.25, -0.2) is 14.2 Å². The second-order valence-electron chi connectivity index (χ2n) is 13.9. The van der Waals surface area contributed by atoms with Crippen molar-refractivity contribution >= 4 is 36.8 Å². The van der Waals surface area contributed by atoms with Gasteiger partial charge in [-0.3, -0.25) is 4.79 Å². The van der Waals surface area contributed by atoms with E-state index < -0.39 is 19.8 Å². The molecule has 1 fully saturated rings. The van der Waals surface area contributed by atoms with E-state index in [0.717, 1.165) is 48.4 Å². The molecule has 1 aliphatic rings. The molecule has 2 N–H and O–H groups in total. The van der Waals surface area contributed by atoms with Crippen molar-refractivity contribution in [3.8, 4) is 11.3 Å². The number of fused-ring (bicyclic) bond motifs is 1. The first kappa shape index (κ1) is 32.7. The first-order valence-corrected chi connectivity index (χ1v) is 19.0. The lowest BCUT2D eigenvalue weighted by Crippen LogP contribution is -2.42. The summed E-state index contributed by atoms with van der Waals surface area (Å²) in [6.07, 6.45) is 4.45. The van der Waals surface area contributed by atoms with E-state index in [1.807, 2.05) is 50.5 Å². The molecule has 4 rings (SSSR count). The fourth-order valence-electron chi connectivity index (χ4n) is 5.54. The highest BCUT2D eigenvalue weighted by atomic mass is 28.3. The summed E-state index contributed by atoms with van der Waals surface area (Å²) in [5.74, 6) is -0.178. The van der Waals surface area contributed by atoms with E-state index in [1.165, 1.54) is 12.1 Å². The van der Waals surface area contributed by atoms with Crippen molar-refractivity contribution in [3.63, 3.8) is 0 Å². The van der Waals surface area contributed by atoms with Crippen molar-refractivity contribution < 1.29 is 23.5 Å². The van der Waals surface area contributed by atoms with E-state index in [1.54, 1.807) is 12.3 Å². The molecule has 3 aromatic rings. The average Bonchev–Trinajstić information content (AvgIpc) is 3.29. The lowest BCUT2D eigenvalue weighted by Gasteiger charge is -2.32. The molecule has 0 bridgehead atoms. The van der Waals surface area contributed by atoms with E-state index >= 15 is 0 Å². The molecule has 10 heteroatoms. The first-order chi connectivity index (χ1) is 20.2. The Hall–Kier alpha value is -3.24. The highest BCUT2D eigenvalue weighted by molar-refractivity contribution is 6.76. The minimum atomic E-state index is -1.26. The number of hydrogen-bond donors (Lipinski definition) is 2. The van der Waals surface area contributed by atoms with Crippen molar-refractivity contribution in [2.24, 2.45) is 11.8 Å². The smallest absolute Gasteiger partial charge is 0.407 e. The van der Waals surface area contributed by atoms with Gasteiger partial charge in [0.05, 0.1) is 11.4 Å². The van der Waals surface area contributed by atoms with Crippen molar-refractivity contribution in [2.75, 3.05) is 11.9 Å². The summed E-state index contributed by atoms with van der Waals surface area (Å²) < 4.78 is 27.6. The third-order valence-electron chi connectivity index (χ3n) is 7.99. The molecule has 2 amide bonds. The topological polar surface area (TPSA) is 94.5 Å². The van der Waals surface area contributed by atoms with Crippen LogP contribution in [-0.4, -0.2) is 47.9 Å². The number of hydrogen-bond acceptors (Lipinski definition) is 5. The highest BCUT2D eigenvalue weighted by Gasteiger charge is 2.31. The summed E-state index contributed by atoms with van der Waals surface area (Å²) in [5.41, 5.74) is 2.31. The quantitative estimate of drug-likeness (QED) is 0.180. The summed E-state index contributed by atoms with van der Waals surface area (Å²) in [6, 6.07) is 11.2. The lowest BCUT2D eigenvalue weighted by atomic mass is 9.78. The Bertz CT molecular complexity index is 1420. The van der Waals surface area contributed by atoms with Gasteiger partial charge in [0, 0.05) is 43.8 Å². The highest BCUT2D eigenvalue weighted by Crippen LogP contribution is 2.35. The molecule has 1 saturated carbocycles. The van der Waals surface area contributed by atoms with Gasteiger partial charge in [-0.15, -0.1) is 0 Å². The third kappa shape index (κ3) is 9.12. The fraction of sp³-hybridized carbons (Fsp3) is 0.545. The van der Waals surface area contributed by atoms with Crippen LogP contribution in [0.3, 0.4) is 0 Å². The zero-order chi connectivity index (χ0) is 31.4. The SMILES string of the molecule is CC(NC(=O)OC(C)(C)C)C1CCC(C(=O)Nc2ccnc3c2cc(-c2cccc(F)c2)n3COCC[Si](C)(C)C)CC1. The largest absolute Gasteiger partial charge is 0.444 e. The summed E-state index contributed by atoms with van der Waals surface area (Å²) in [6.45, 7) is 15.4. The second-order valence-corrected chi connectivity index (χ2v) is 19.6. The molecule has 43 heavy (non-hydrogen) atoms. The Morgan fingerprint density at radius 1 is 1.12 bits per heavy atom. The number of benzene rings is 1. The molecule has 1 unspecified atom stereocenters. The maximum Gasteiger partial charge on any atom is 0.407 e. The molecule has 0 spiro atoms. The molecule has 1 atom stereocenters. The zero-order valence-electron chi connectivity index (χ0n) is 26.6. The van der Waals surface area contributed by atoms with Crippen LogP contribution >= 0.6 is 0 Å². The zero-order valence-corrected chi connectivity index (χ0v) is 27.6. The van der Waals surface area contributed by atoms with E-state index in [2.05, 4.69) is 35.3 Å². The molecule has 2 heterocycles. The Kier molecular flexibility index (Phi) is 10.3. The van der Waals surface area contributed by atoms with E-state index in [4.69, 9.17) is 9.47 Å². The number of nitrogens with zero attached hydrogens (tertiary/aromatic N) is 2. The van der Waals surface area contributed by atoms with Crippen LogP contribution in [0.25, 0.3) is 22.3 Å². The summed E-state index contributed by atoms with van der Waals surface area (Å²) in [5, 5.41) is 6.90. The Balaban J connectivity index is 1.47. The molecule has 0 saturated heterocycles. The molecule has 2 aromatic heterocycles. The lowest BCUT2D eigenvalue weighted by molar-refractivity contribution is -0.121. The van der Waals surface area contributed by atoms with Crippen LogP contribution < -0.4 is 10.6 Å². The number of alkyl carbamates (subject to hydrolysis) is 1. The van der Waals surface area contributed by atoms with Crippen LogP contribution in [0.5, 0.6) is 0 Å². The predicted molar refractivity (Wildman–Crippen MR) is 172 cm³/mol. The van der Waals surface area contributed by atoms with Gasteiger partial charge >= 0.3 is 6.09 Å². The van der Waals surface area contributed by atoms with Gasteiger partial charge in [0.2, 0.25) is 5.91 Å². The van der Waals surface area contributed by atoms with Crippen LogP contribution in [0.1, 0.15) is 53.4 Å². The van der Waals surface area contributed by atoms with Gasteiger partial charge in [0.15, 0.2) is 0 Å². The Morgan fingerprint density at radius 2 is 1.84 bits per heavy atom. The number of anilines is 1. The molecule has 0 radical (unpaired) electrons. The van der Waals surface area contributed by atoms with Gasteiger partial charge in [-0.05, 0) is 89.6 Å². The van der Waals surface area contributed by atoms with Crippen molar-refractivity contribution in [1.29, 1.82) is 0 Å². The minimum Gasteiger partial charge on any atom is -0.444 e. The maximum atomic E-state index is 14.2. The van der Waals surface area contributed by atoms with Crippen LogP contribution in [0.2, 0.25) is 25.7 Å². The van der Waals surface area contributed by atoms with Crippen LogP contribution in [0, 0.1) is 17.7 Å². The molecular formula is C33H47FN4O4Si. The maximum absolute atomic E-state index is 14.2. The number of amides is 2. The Labute approximate surface area is 255 Å². The van der Waals surface area contributed by atoms with Gasteiger partial charge in [0.1, 0.15) is 23.8 Å². The standard InChI is InChI=1S/C33H47FN4O4Si/c1-22(36-32(40)42-33(2,3)4)23-11-13-24(14-12-23)31(39)37-28-15-16-35-30-27(28)20-29(25-9-8-10-26(34)19-25)38(30)21-41-17-18-43(5,6)7/h8-10,15-16,19-20,22-24H,11-14,17-18,21H2,1-7H3,(H,36,40)(H,35,37,39). The fourth-order valence-corrected chi connectivity index (χ4v) is 6.29. The molecule has 1 aliphatic carbocycles. The van der Waals surface area contributed by atoms with E-state index in [9.17, 15) is 14.0 Å². The molecule has 0 aliphatic heterocycles. The van der Waals surface area contributed by atoms with Crippen LogP contribution in [0.4, 0.5) is 14.9 Å². The molecule has 8 nitrogen and oxygen atoms in total. The number of carbonyl (C=O) groups excluding carboxylic acids is 2. The number of halogens is 1. The number of carbonyl (C=O) groups is 2. The van der Waals surface area contributed by atoms with Crippen molar-refractivity contribution in [3.05, 3.63) is 48.4 Å². The molecule has 1 aromatic carbocycles. The number of aromatic nitrogens is 2. The van der Waals surface area contributed by atoms with Crippen LogP contribution in [-0.2, 0) is 21.0 Å². The van der Waals surface area contributed by atoms with Crippen molar-refractivity contribution in [1.82, 2.24) is 14.9 Å². The van der Waals surface area contributed by atoms with Gasteiger partial charge in [0.25, 0.3) is 0 Å². The number of ether oxygens (including phenoxy) is 2. The summed E-state index contributed by atoms with van der Waals surface area (Å²) in [7, 11) is -1.26. The van der Waals surface area contributed by atoms with E-state index in [-0.39, 0.29) is 36.3 Å².